The summed E-state index contributed by atoms with van der Waals surface area (Å²) in [4.78, 5) is 15.0. The van der Waals surface area contributed by atoms with Gasteiger partial charge in [0.2, 0.25) is 5.91 Å². The number of phenolic OH excluding ortho intramolecular Hbond substituents is 2. The monoisotopic (exact) mass is 465 g/mol. The lowest BCUT2D eigenvalue weighted by Gasteiger charge is -2.48. The molecule has 1 heterocycles. The first-order valence-electron chi connectivity index (χ1n) is 11.8. The van der Waals surface area contributed by atoms with Crippen molar-refractivity contribution in [3.05, 3.63) is 114 Å². The summed E-state index contributed by atoms with van der Waals surface area (Å²) in [5.41, 5.74) is 3.79. The minimum absolute atomic E-state index is 0.0120. The Morgan fingerprint density at radius 3 is 2.20 bits per heavy atom. The van der Waals surface area contributed by atoms with Gasteiger partial charge in [0.1, 0.15) is 11.5 Å². The molecule has 5 heteroatoms. The minimum atomic E-state index is -0.642. The SMILES string of the molecule is O=C1[C@H](CC[C@H](O)c2ccccc2)[C@@H](c2ccc(-c3cccc(O)c3)c(O)c2)N1c1ccccc1. The zero-order valence-electron chi connectivity index (χ0n) is 19.2. The van der Waals surface area contributed by atoms with Gasteiger partial charge in [0.05, 0.1) is 18.1 Å². The van der Waals surface area contributed by atoms with Gasteiger partial charge in [-0.1, -0.05) is 72.8 Å². The van der Waals surface area contributed by atoms with Crippen LogP contribution in [-0.4, -0.2) is 21.2 Å². The fraction of sp³-hybridized carbons (Fsp3) is 0.167. The summed E-state index contributed by atoms with van der Waals surface area (Å²) in [6.07, 6.45) is 0.349. The van der Waals surface area contributed by atoms with E-state index in [1.807, 2.05) is 78.9 Å². The van der Waals surface area contributed by atoms with Gasteiger partial charge in [-0.3, -0.25) is 4.79 Å². The molecule has 1 amide bonds. The second-order valence-corrected chi connectivity index (χ2v) is 8.93. The van der Waals surface area contributed by atoms with E-state index in [0.29, 0.717) is 24.0 Å². The van der Waals surface area contributed by atoms with Gasteiger partial charge in [0.25, 0.3) is 0 Å². The second-order valence-electron chi connectivity index (χ2n) is 8.93. The highest BCUT2D eigenvalue weighted by Crippen LogP contribution is 2.47. The maximum absolute atomic E-state index is 13.3. The average Bonchev–Trinajstić information content (AvgIpc) is 2.88. The summed E-state index contributed by atoms with van der Waals surface area (Å²) in [5, 5.41) is 31.3. The van der Waals surface area contributed by atoms with Crippen molar-refractivity contribution in [3.63, 3.8) is 0 Å². The number of β-lactam (4-membered cyclic amide) rings is 1. The van der Waals surface area contributed by atoms with E-state index in [1.54, 1.807) is 29.2 Å². The molecule has 1 aliphatic heterocycles. The molecule has 3 atom stereocenters. The largest absolute Gasteiger partial charge is 0.508 e. The molecule has 0 spiro atoms. The molecule has 5 rings (SSSR count). The highest BCUT2D eigenvalue weighted by Gasteiger charge is 2.48. The molecule has 4 aromatic rings. The average molecular weight is 466 g/mol. The van der Waals surface area contributed by atoms with Gasteiger partial charge in [-0.05, 0) is 59.9 Å². The van der Waals surface area contributed by atoms with Crippen molar-refractivity contribution in [2.24, 2.45) is 5.92 Å². The van der Waals surface area contributed by atoms with E-state index >= 15 is 0 Å². The number of nitrogens with zero attached hydrogens (tertiary/aromatic N) is 1. The number of hydrogen-bond donors (Lipinski definition) is 3. The Morgan fingerprint density at radius 2 is 1.51 bits per heavy atom. The van der Waals surface area contributed by atoms with E-state index in [0.717, 1.165) is 16.8 Å². The normalized spacial score (nSPS) is 18.2. The third-order valence-electron chi connectivity index (χ3n) is 6.70. The summed E-state index contributed by atoms with van der Waals surface area (Å²) >= 11 is 0. The lowest BCUT2D eigenvalue weighted by atomic mass is 9.78. The Labute approximate surface area is 204 Å². The molecule has 1 fully saturated rings. The molecule has 176 valence electrons. The number of phenols is 2. The van der Waals surface area contributed by atoms with Crippen LogP contribution in [0.1, 0.15) is 36.1 Å². The fourth-order valence-electron chi connectivity index (χ4n) is 4.92. The molecule has 3 N–H and O–H groups in total. The molecule has 4 aromatic carbocycles. The van der Waals surface area contributed by atoms with Crippen LogP contribution in [0.3, 0.4) is 0 Å². The van der Waals surface area contributed by atoms with Crippen molar-refractivity contribution in [3.8, 4) is 22.6 Å². The molecule has 0 unspecified atom stereocenters. The number of amides is 1. The van der Waals surface area contributed by atoms with Gasteiger partial charge in [0, 0.05) is 11.3 Å². The van der Waals surface area contributed by atoms with Gasteiger partial charge in [-0.25, -0.2) is 0 Å². The lowest BCUT2D eigenvalue weighted by Crippen LogP contribution is -2.55. The number of benzene rings is 4. The maximum atomic E-state index is 13.3. The van der Waals surface area contributed by atoms with E-state index in [1.165, 1.54) is 0 Å². The van der Waals surface area contributed by atoms with E-state index in [4.69, 9.17) is 0 Å². The van der Waals surface area contributed by atoms with E-state index in [2.05, 4.69) is 0 Å². The van der Waals surface area contributed by atoms with Gasteiger partial charge in [0.15, 0.2) is 0 Å². The summed E-state index contributed by atoms with van der Waals surface area (Å²) in [6.45, 7) is 0. The number of aliphatic hydroxyl groups excluding tert-OH is 1. The van der Waals surface area contributed by atoms with Gasteiger partial charge in [-0.15, -0.1) is 0 Å². The fourth-order valence-corrected chi connectivity index (χ4v) is 4.92. The first-order chi connectivity index (χ1) is 17.0. The molecule has 0 aliphatic carbocycles. The Kier molecular flexibility index (Phi) is 6.25. The zero-order chi connectivity index (χ0) is 24.4. The number of para-hydroxylation sites is 1. The Balaban J connectivity index is 1.43. The lowest BCUT2D eigenvalue weighted by molar-refractivity contribution is -0.131. The highest BCUT2D eigenvalue weighted by atomic mass is 16.3. The quantitative estimate of drug-likeness (QED) is 0.293. The number of rotatable bonds is 7. The Hall–Kier alpha value is -4.09. The first kappa shape index (κ1) is 22.7. The number of carbonyl (C=O) groups excluding carboxylic acids is 1. The molecular weight excluding hydrogens is 438 g/mol. The van der Waals surface area contributed by atoms with Crippen molar-refractivity contribution in [1.29, 1.82) is 0 Å². The van der Waals surface area contributed by atoms with E-state index in [9.17, 15) is 20.1 Å². The summed E-state index contributed by atoms with van der Waals surface area (Å²) < 4.78 is 0. The van der Waals surface area contributed by atoms with Gasteiger partial charge in [-0.2, -0.15) is 0 Å². The van der Waals surface area contributed by atoms with Crippen LogP contribution in [-0.2, 0) is 4.79 Å². The summed E-state index contributed by atoms with van der Waals surface area (Å²) in [7, 11) is 0. The maximum Gasteiger partial charge on any atom is 0.233 e. The Morgan fingerprint density at radius 1 is 0.800 bits per heavy atom. The highest BCUT2D eigenvalue weighted by molar-refractivity contribution is 6.03. The Bertz CT molecular complexity index is 1320. The molecule has 5 nitrogen and oxygen atoms in total. The van der Waals surface area contributed by atoms with Crippen LogP contribution in [0.4, 0.5) is 5.69 Å². The molecule has 0 bridgehead atoms. The molecule has 0 aromatic heterocycles. The van der Waals surface area contributed by atoms with Crippen LogP contribution >= 0.6 is 0 Å². The second kappa shape index (κ2) is 9.65. The molecule has 1 aliphatic rings. The van der Waals surface area contributed by atoms with E-state index < -0.39 is 6.10 Å². The number of aromatic hydroxyl groups is 2. The molecular formula is C30H27NO4. The van der Waals surface area contributed by atoms with Crippen LogP contribution in [0.15, 0.2) is 103 Å². The van der Waals surface area contributed by atoms with Crippen molar-refractivity contribution >= 4 is 11.6 Å². The van der Waals surface area contributed by atoms with Crippen molar-refractivity contribution in [2.45, 2.75) is 25.0 Å². The van der Waals surface area contributed by atoms with Crippen molar-refractivity contribution in [2.75, 3.05) is 4.90 Å². The number of aliphatic hydroxyl groups is 1. The number of hydrogen-bond acceptors (Lipinski definition) is 4. The van der Waals surface area contributed by atoms with Crippen LogP contribution < -0.4 is 4.90 Å². The van der Waals surface area contributed by atoms with Crippen LogP contribution in [0.5, 0.6) is 11.5 Å². The first-order valence-corrected chi connectivity index (χ1v) is 11.8. The molecule has 0 saturated carbocycles. The van der Waals surface area contributed by atoms with E-state index in [-0.39, 0.29) is 29.4 Å². The predicted octanol–water partition coefficient (Wildman–Crippen LogP) is 5.98. The minimum Gasteiger partial charge on any atom is -0.508 e. The van der Waals surface area contributed by atoms with Crippen LogP contribution in [0.25, 0.3) is 11.1 Å². The number of anilines is 1. The third kappa shape index (κ3) is 4.51. The van der Waals surface area contributed by atoms with Gasteiger partial charge >= 0.3 is 0 Å². The number of carbonyl (C=O) groups is 1. The predicted molar refractivity (Wildman–Crippen MR) is 136 cm³/mol. The topological polar surface area (TPSA) is 81.0 Å². The zero-order valence-corrected chi connectivity index (χ0v) is 19.2. The summed E-state index contributed by atoms with van der Waals surface area (Å²) in [5.74, 6) is -0.0796. The van der Waals surface area contributed by atoms with Crippen LogP contribution in [0, 0.1) is 5.92 Å². The molecule has 0 radical (unpaired) electrons. The molecule has 1 saturated heterocycles. The smallest absolute Gasteiger partial charge is 0.233 e. The van der Waals surface area contributed by atoms with Gasteiger partial charge < -0.3 is 20.2 Å². The van der Waals surface area contributed by atoms with Crippen LogP contribution in [0.2, 0.25) is 0 Å². The van der Waals surface area contributed by atoms with Crippen molar-refractivity contribution in [1.82, 2.24) is 0 Å². The standard InChI is InChI=1S/C30H27NO4/c32-24-13-7-10-21(18-24)25-15-14-22(19-28(25)34)29-26(16-17-27(33)20-8-3-1-4-9-20)30(35)31(29)23-11-5-2-6-12-23/h1-15,18-19,26-27,29,32-34H,16-17H2/t26-,27+,29-/m1/s1. The summed E-state index contributed by atoms with van der Waals surface area (Å²) in [6, 6.07) is 30.9. The third-order valence-corrected chi connectivity index (χ3v) is 6.70. The van der Waals surface area contributed by atoms with Crippen molar-refractivity contribution < 1.29 is 20.1 Å². The molecule has 35 heavy (non-hydrogen) atoms.